The van der Waals surface area contributed by atoms with E-state index in [1.54, 1.807) is 0 Å². The van der Waals surface area contributed by atoms with Gasteiger partial charge in [-0.25, -0.2) is 13.8 Å². The fourth-order valence-corrected chi connectivity index (χ4v) is 0.880. The van der Waals surface area contributed by atoms with Crippen molar-refractivity contribution in [2.24, 2.45) is 0 Å². The zero-order chi connectivity index (χ0) is 8.27. The summed E-state index contributed by atoms with van der Waals surface area (Å²) < 4.78 is 23.6. The second-order valence-electron chi connectivity index (χ2n) is 1.99. The number of rotatable bonds is 2. The van der Waals surface area contributed by atoms with Crippen LogP contribution in [0.3, 0.4) is 0 Å². The summed E-state index contributed by atoms with van der Waals surface area (Å²) in [6.45, 7) is 0. The summed E-state index contributed by atoms with van der Waals surface area (Å²) in [5, 5.41) is 0.104. The molecule has 0 aliphatic carbocycles. The maximum absolute atomic E-state index is 11.8. The SMILES string of the molecule is FC(F)Cc1cc[c]nc1Cl. The lowest BCUT2D eigenvalue weighted by Gasteiger charge is -1.99. The van der Waals surface area contributed by atoms with E-state index in [4.69, 9.17) is 11.6 Å². The van der Waals surface area contributed by atoms with Crippen molar-refractivity contribution >= 4 is 11.6 Å². The lowest BCUT2D eigenvalue weighted by atomic mass is 10.2. The van der Waals surface area contributed by atoms with E-state index in [-0.39, 0.29) is 11.6 Å². The molecule has 0 fully saturated rings. The molecule has 0 saturated carbocycles. The van der Waals surface area contributed by atoms with Crippen molar-refractivity contribution in [2.75, 3.05) is 0 Å². The molecule has 59 valence electrons. The molecule has 0 atom stereocenters. The van der Waals surface area contributed by atoms with E-state index in [2.05, 4.69) is 11.2 Å². The van der Waals surface area contributed by atoms with Crippen LogP contribution in [0.15, 0.2) is 12.1 Å². The van der Waals surface area contributed by atoms with Crippen molar-refractivity contribution in [1.82, 2.24) is 4.98 Å². The maximum Gasteiger partial charge on any atom is 0.242 e. The van der Waals surface area contributed by atoms with Gasteiger partial charge in [-0.1, -0.05) is 17.7 Å². The van der Waals surface area contributed by atoms with Crippen LogP contribution in [0.5, 0.6) is 0 Å². The van der Waals surface area contributed by atoms with E-state index < -0.39 is 6.43 Å². The quantitative estimate of drug-likeness (QED) is 0.631. The van der Waals surface area contributed by atoms with Crippen LogP contribution in [0, 0.1) is 6.20 Å². The third kappa shape index (κ3) is 2.42. The molecule has 0 saturated heterocycles. The van der Waals surface area contributed by atoms with Crippen LogP contribution in [0.4, 0.5) is 8.78 Å². The average molecular weight is 177 g/mol. The van der Waals surface area contributed by atoms with Crippen molar-refractivity contribution in [2.45, 2.75) is 12.8 Å². The smallest absolute Gasteiger partial charge is 0.234 e. The Labute approximate surface area is 68.0 Å². The molecule has 1 radical (unpaired) electrons. The van der Waals surface area contributed by atoms with Gasteiger partial charge in [0.1, 0.15) is 5.15 Å². The summed E-state index contributed by atoms with van der Waals surface area (Å²) in [6, 6.07) is 2.95. The van der Waals surface area contributed by atoms with E-state index in [1.807, 2.05) is 0 Å². The second-order valence-corrected chi connectivity index (χ2v) is 2.34. The van der Waals surface area contributed by atoms with Gasteiger partial charge in [-0.2, -0.15) is 0 Å². The third-order valence-corrected chi connectivity index (χ3v) is 1.49. The minimum absolute atomic E-state index is 0.104. The van der Waals surface area contributed by atoms with Gasteiger partial charge in [-0.3, -0.25) is 0 Å². The van der Waals surface area contributed by atoms with Gasteiger partial charge < -0.3 is 0 Å². The summed E-state index contributed by atoms with van der Waals surface area (Å²) in [7, 11) is 0. The van der Waals surface area contributed by atoms with E-state index in [1.165, 1.54) is 12.1 Å². The fourth-order valence-electron chi connectivity index (χ4n) is 0.691. The largest absolute Gasteiger partial charge is 0.242 e. The van der Waals surface area contributed by atoms with Gasteiger partial charge in [0.25, 0.3) is 0 Å². The predicted octanol–water partition coefficient (Wildman–Crippen LogP) is 2.34. The number of halogens is 3. The number of hydrogen-bond donors (Lipinski definition) is 0. The molecule has 0 aliphatic heterocycles. The predicted molar refractivity (Wildman–Crippen MR) is 37.8 cm³/mol. The zero-order valence-electron chi connectivity index (χ0n) is 5.52. The summed E-state index contributed by atoms with van der Waals surface area (Å²) in [4.78, 5) is 3.54. The number of alkyl halides is 2. The van der Waals surface area contributed by atoms with Gasteiger partial charge in [0.05, 0.1) is 6.20 Å². The molecule has 4 heteroatoms. The number of pyridine rings is 1. The van der Waals surface area contributed by atoms with Gasteiger partial charge in [0, 0.05) is 6.42 Å². The maximum atomic E-state index is 11.8. The van der Waals surface area contributed by atoms with Crippen LogP contribution in [0.1, 0.15) is 5.56 Å². The normalized spacial score (nSPS) is 10.5. The molecule has 1 nitrogen and oxygen atoms in total. The van der Waals surface area contributed by atoms with Gasteiger partial charge in [-0.05, 0) is 11.6 Å². The molecule has 1 aromatic rings. The van der Waals surface area contributed by atoms with Crippen LogP contribution >= 0.6 is 11.6 Å². The Morgan fingerprint density at radius 3 is 2.91 bits per heavy atom. The minimum Gasteiger partial charge on any atom is -0.234 e. The van der Waals surface area contributed by atoms with Crippen LogP contribution in [-0.2, 0) is 6.42 Å². The van der Waals surface area contributed by atoms with E-state index >= 15 is 0 Å². The molecule has 0 aromatic carbocycles. The average Bonchev–Trinajstić information content (AvgIpc) is 1.93. The van der Waals surface area contributed by atoms with Gasteiger partial charge >= 0.3 is 0 Å². The van der Waals surface area contributed by atoms with Crippen LogP contribution in [0.25, 0.3) is 0 Å². The van der Waals surface area contributed by atoms with Gasteiger partial charge in [0.15, 0.2) is 0 Å². The molecule has 0 amide bonds. The standard InChI is InChI=1S/C7H5ClF2N/c8-7-5(4-6(9)10)2-1-3-11-7/h1-2,6H,4H2. The first-order valence-electron chi connectivity index (χ1n) is 3.00. The first kappa shape index (κ1) is 8.40. The first-order valence-corrected chi connectivity index (χ1v) is 3.37. The van der Waals surface area contributed by atoms with Gasteiger partial charge in [0.2, 0.25) is 6.43 Å². The van der Waals surface area contributed by atoms with Crippen molar-refractivity contribution in [3.8, 4) is 0 Å². The van der Waals surface area contributed by atoms with Crippen LogP contribution in [0.2, 0.25) is 5.15 Å². The Balaban J connectivity index is 2.78. The minimum atomic E-state index is -2.38. The molecule has 1 rings (SSSR count). The Morgan fingerprint density at radius 1 is 1.64 bits per heavy atom. The van der Waals surface area contributed by atoms with E-state index in [0.717, 1.165) is 0 Å². The molecule has 0 N–H and O–H groups in total. The molecule has 1 heterocycles. The number of aromatic nitrogens is 1. The van der Waals surface area contributed by atoms with Crippen molar-refractivity contribution in [3.63, 3.8) is 0 Å². The fraction of sp³-hybridized carbons (Fsp3) is 0.286. The van der Waals surface area contributed by atoms with E-state index in [0.29, 0.717) is 5.56 Å². The Hall–Kier alpha value is -0.700. The molecule has 0 aliphatic rings. The molecular formula is C7H5ClF2N. The lowest BCUT2D eigenvalue weighted by Crippen LogP contribution is -1.97. The Morgan fingerprint density at radius 2 is 2.36 bits per heavy atom. The Kier molecular flexibility index (Phi) is 2.76. The molecule has 1 aromatic heterocycles. The molecule has 11 heavy (non-hydrogen) atoms. The first-order chi connectivity index (χ1) is 5.20. The highest BCUT2D eigenvalue weighted by atomic mass is 35.5. The zero-order valence-corrected chi connectivity index (χ0v) is 6.28. The van der Waals surface area contributed by atoms with Crippen molar-refractivity contribution in [3.05, 3.63) is 29.0 Å². The highest BCUT2D eigenvalue weighted by molar-refractivity contribution is 6.30. The molecular weight excluding hydrogens is 172 g/mol. The lowest BCUT2D eigenvalue weighted by molar-refractivity contribution is 0.149. The van der Waals surface area contributed by atoms with Crippen LogP contribution < -0.4 is 0 Å². The highest BCUT2D eigenvalue weighted by Crippen LogP contribution is 2.14. The topological polar surface area (TPSA) is 12.9 Å². The van der Waals surface area contributed by atoms with Crippen LogP contribution in [-0.4, -0.2) is 11.4 Å². The number of hydrogen-bond acceptors (Lipinski definition) is 1. The summed E-state index contributed by atoms with van der Waals surface area (Å²) in [5.74, 6) is 0. The highest BCUT2D eigenvalue weighted by Gasteiger charge is 2.07. The Bertz CT molecular complexity index is 240. The monoisotopic (exact) mass is 176 g/mol. The summed E-state index contributed by atoms with van der Waals surface area (Å²) in [5.41, 5.74) is 0.361. The van der Waals surface area contributed by atoms with Gasteiger partial charge in [-0.15, -0.1) is 0 Å². The van der Waals surface area contributed by atoms with E-state index in [9.17, 15) is 8.78 Å². The number of nitrogens with zero attached hydrogens (tertiary/aromatic N) is 1. The van der Waals surface area contributed by atoms with Crippen molar-refractivity contribution < 1.29 is 8.78 Å². The van der Waals surface area contributed by atoms with Crippen molar-refractivity contribution in [1.29, 1.82) is 0 Å². The second kappa shape index (κ2) is 3.62. The molecule has 0 unspecified atom stereocenters. The summed E-state index contributed by atoms with van der Waals surface area (Å²) in [6.07, 6.45) is -0.277. The summed E-state index contributed by atoms with van der Waals surface area (Å²) >= 11 is 5.49. The molecule has 0 bridgehead atoms. The molecule has 0 spiro atoms. The third-order valence-electron chi connectivity index (χ3n) is 1.16.